The molecule has 1 rings (SSSR count). The van der Waals surface area contributed by atoms with E-state index in [1.54, 1.807) is 14.0 Å². The number of aliphatic carboxylic acids is 1. The Kier molecular flexibility index (Phi) is 3.43. The monoisotopic (exact) mass is 211 g/mol. The van der Waals surface area contributed by atoms with Crippen LogP contribution in [0.3, 0.4) is 0 Å². The van der Waals surface area contributed by atoms with Crippen molar-refractivity contribution in [2.75, 3.05) is 11.9 Å². The van der Waals surface area contributed by atoms with Crippen LogP contribution in [-0.2, 0) is 11.8 Å². The van der Waals surface area contributed by atoms with E-state index >= 15 is 0 Å². The SMILES string of the molecule is CC(CNc1nccn(C)c1=O)C(=O)O. The number of hydrogen-bond acceptors (Lipinski definition) is 4. The Morgan fingerprint density at radius 1 is 1.73 bits per heavy atom. The third kappa shape index (κ3) is 2.80. The van der Waals surface area contributed by atoms with E-state index in [1.807, 2.05) is 0 Å². The molecule has 0 aliphatic carbocycles. The average Bonchev–Trinajstić information content (AvgIpc) is 2.19. The van der Waals surface area contributed by atoms with E-state index < -0.39 is 11.9 Å². The topological polar surface area (TPSA) is 84.2 Å². The minimum atomic E-state index is -0.907. The Hall–Kier alpha value is -1.85. The van der Waals surface area contributed by atoms with Gasteiger partial charge < -0.3 is 15.0 Å². The van der Waals surface area contributed by atoms with Gasteiger partial charge in [0.25, 0.3) is 5.56 Å². The summed E-state index contributed by atoms with van der Waals surface area (Å²) in [7, 11) is 1.61. The largest absolute Gasteiger partial charge is 0.481 e. The highest BCUT2D eigenvalue weighted by atomic mass is 16.4. The van der Waals surface area contributed by atoms with Crippen molar-refractivity contribution in [2.24, 2.45) is 13.0 Å². The van der Waals surface area contributed by atoms with Crippen LogP contribution in [0.25, 0.3) is 0 Å². The molecular formula is C9H13N3O3. The number of anilines is 1. The minimum Gasteiger partial charge on any atom is -0.481 e. The zero-order chi connectivity index (χ0) is 11.4. The summed E-state index contributed by atoms with van der Waals surface area (Å²) in [4.78, 5) is 25.8. The van der Waals surface area contributed by atoms with Crippen molar-refractivity contribution in [1.82, 2.24) is 9.55 Å². The van der Waals surface area contributed by atoms with Gasteiger partial charge in [-0.1, -0.05) is 6.92 Å². The third-order valence-electron chi connectivity index (χ3n) is 2.01. The fraction of sp³-hybridized carbons (Fsp3) is 0.444. The number of carboxylic acids is 1. The molecule has 2 N–H and O–H groups in total. The number of carboxylic acid groups (broad SMARTS) is 1. The van der Waals surface area contributed by atoms with Crippen molar-refractivity contribution in [2.45, 2.75) is 6.92 Å². The van der Waals surface area contributed by atoms with Gasteiger partial charge in [-0.3, -0.25) is 9.59 Å². The van der Waals surface area contributed by atoms with Crippen LogP contribution in [-0.4, -0.2) is 27.2 Å². The summed E-state index contributed by atoms with van der Waals surface area (Å²) in [6.07, 6.45) is 3.02. The second-order valence-electron chi connectivity index (χ2n) is 3.31. The highest BCUT2D eigenvalue weighted by molar-refractivity contribution is 5.70. The number of nitrogens with zero attached hydrogens (tertiary/aromatic N) is 2. The maximum atomic E-state index is 11.4. The van der Waals surface area contributed by atoms with Gasteiger partial charge in [0.05, 0.1) is 5.92 Å². The molecule has 0 aromatic carbocycles. The van der Waals surface area contributed by atoms with Gasteiger partial charge in [-0.25, -0.2) is 4.98 Å². The zero-order valence-corrected chi connectivity index (χ0v) is 8.60. The molecule has 1 heterocycles. The molecule has 0 aliphatic heterocycles. The van der Waals surface area contributed by atoms with Crippen LogP contribution in [0.15, 0.2) is 17.2 Å². The van der Waals surface area contributed by atoms with Gasteiger partial charge in [0, 0.05) is 26.0 Å². The van der Waals surface area contributed by atoms with E-state index in [0.29, 0.717) is 0 Å². The van der Waals surface area contributed by atoms with E-state index in [1.165, 1.54) is 17.0 Å². The van der Waals surface area contributed by atoms with Crippen molar-refractivity contribution in [3.05, 3.63) is 22.7 Å². The maximum absolute atomic E-state index is 11.4. The summed E-state index contributed by atoms with van der Waals surface area (Å²) < 4.78 is 1.38. The van der Waals surface area contributed by atoms with Crippen molar-refractivity contribution < 1.29 is 9.90 Å². The van der Waals surface area contributed by atoms with Crippen molar-refractivity contribution in [1.29, 1.82) is 0 Å². The number of rotatable bonds is 4. The highest BCUT2D eigenvalue weighted by Crippen LogP contribution is 1.97. The molecule has 0 radical (unpaired) electrons. The fourth-order valence-electron chi connectivity index (χ4n) is 0.956. The van der Waals surface area contributed by atoms with E-state index in [-0.39, 0.29) is 17.9 Å². The normalized spacial score (nSPS) is 12.1. The van der Waals surface area contributed by atoms with Crippen molar-refractivity contribution in [3.63, 3.8) is 0 Å². The van der Waals surface area contributed by atoms with E-state index in [2.05, 4.69) is 10.3 Å². The molecule has 0 fully saturated rings. The molecular weight excluding hydrogens is 198 g/mol. The molecule has 1 aromatic rings. The summed E-state index contributed by atoms with van der Waals surface area (Å²) in [6, 6.07) is 0. The highest BCUT2D eigenvalue weighted by Gasteiger charge is 2.11. The van der Waals surface area contributed by atoms with Crippen LogP contribution in [0.4, 0.5) is 5.82 Å². The van der Waals surface area contributed by atoms with Crippen LogP contribution < -0.4 is 10.9 Å². The Balaban J connectivity index is 2.70. The molecule has 1 atom stereocenters. The van der Waals surface area contributed by atoms with Gasteiger partial charge in [-0.15, -0.1) is 0 Å². The Labute approximate surface area is 86.6 Å². The lowest BCUT2D eigenvalue weighted by molar-refractivity contribution is -0.140. The Bertz CT molecular complexity index is 413. The predicted molar refractivity (Wildman–Crippen MR) is 54.8 cm³/mol. The molecule has 15 heavy (non-hydrogen) atoms. The first-order valence-corrected chi connectivity index (χ1v) is 4.50. The molecule has 1 unspecified atom stereocenters. The predicted octanol–water partition coefficient (Wildman–Crippen LogP) is -0.0871. The zero-order valence-electron chi connectivity index (χ0n) is 8.60. The number of aromatic nitrogens is 2. The quantitative estimate of drug-likeness (QED) is 0.727. The van der Waals surface area contributed by atoms with Gasteiger partial charge in [0.1, 0.15) is 0 Å². The minimum absolute atomic E-state index is 0.174. The first-order chi connectivity index (χ1) is 7.02. The smallest absolute Gasteiger partial charge is 0.308 e. The lowest BCUT2D eigenvalue weighted by Gasteiger charge is -2.08. The van der Waals surface area contributed by atoms with Crippen molar-refractivity contribution in [3.8, 4) is 0 Å². The second kappa shape index (κ2) is 4.59. The molecule has 0 spiro atoms. The summed E-state index contributed by atoms with van der Waals surface area (Å²) in [5, 5.41) is 11.3. The van der Waals surface area contributed by atoms with E-state index in [4.69, 9.17) is 5.11 Å². The van der Waals surface area contributed by atoms with Gasteiger partial charge in [0.2, 0.25) is 0 Å². The van der Waals surface area contributed by atoms with Gasteiger partial charge in [-0.05, 0) is 0 Å². The summed E-state index contributed by atoms with van der Waals surface area (Å²) >= 11 is 0. The standard InChI is InChI=1S/C9H13N3O3/c1-6(9(14)15)5-11-7-8(13)12(2)4-3-10-7/h3-4,6H,5H2,1-2H3,(H,10,11)(H,14,15). The summed E-state index contributed by atoms with van der Waals surface area (Å²) in [6.45, 7) is 1.74. The molecule has 0 aliphatic rings. The third-order valence-corrected chi connectivity index (χ3v) is 2.01. The average molecular weight is 211 g/mol. The van der Waals surface area contributed by atoms with Crippen LogP contribution in [0.5, 0.6) is 0 Å². The first kappa shape index (κ1) is 11.2. The molecule has 1 aromatic heterocycles. The maximum Gasteiger partial charge on any atom is 0.308 e. The lowest BCUT2D eigenvalue weighted by atomic mass is 10.2. The molecule has 0 bridgehead atoms. The van der Waals surface area contributed by atoms with Crippen LogP contribution in [0.2, 0.25) is 0 Å². The second-order valence-corrected chi connectivity index (χ2v) is 3.31. The summed E-state index contributed by atoms with van der Waals surface area (Å²) in [5.74, 6) is -1.29. The number of hydrogen-bond donors (Lipinski definition) is 2. The first-order valence-electron chi connectivity index (χ1n) is 4.50. The molecule has 0 amide bonds. The van der Waals surface area contributed by atoms with Gasteiger partial charge in [0.15, 0.2) is 5.82 Å². The van der Waals surface area contributed by atoms with Crippen LogP contribution in [0, 0.1) is 5.92 Å². The molecule has 6 heteroatoms. The summed E-state index contributed by atoms with van der Waals surface area (Å²) in [5.41, 5.74) is -0.268. The van der Waals surface area contributed by atoms with E-state index in [0.717, 1.165) is 0 Å². The van der Waals surface area contributed by atoms with Crippen LogP contribution in [0.1, 0.15) is 6.92 Å². The number of aryl methyl sites for hydroxylation is 1. The fourth-order valence-corrected chi connectivity index (χ4v) is 0.956. The number of carbonyl (C=O) groups is 1. The van der Waals surface area contributed by atoms with Gasteiger partial charge in [-0.2, -0.15) is 0 Å². The molecule has 82 valence electrons. The molecule has 0 saturated heterocycles. The van der Waals surface area contributed by atoms with E-state index in [9.17, 15) is 9.59 Å². The van der Waals surface area contributed by atoms with Crippen LogP contribution >= 0.6 is 0 Å². The Morgan fingerprint density at radius 2 is 2.40 bits per heavy atom. The van der Waals surface area contributed by atoms with Gasteiger partial charge >= 0.3 is 5.97 Å². The molecule has 6 nitrogen and oxygen atoms in total. The lowest BCUT2D eigenvalue weighted by Crippen LogP contribution is -2.26. The number of nitrogens with one attached hydrogen (secondary N) is 1. The molecule has 0 saturated carbocycles. The van der Waals surface area contributed by atoms with Crippen molar-refractivity contribution >= 4 is 11.8 Å². The Morgan fingerprint density at radius 3 is 3.00 bits per heavy atom.